The first-order chi connectivity index (χ1) is 6.16. The van der Waals surface area contributed by atoms with E-state index in [2.05, 4.69) is 10.3 Å². The van der Waals surface area contributed by atoms with Gasteiger partial charge in [-0.3, -0.25) is 0 Å². The van der Waals surface area contributed by atoms with Crippen LogP contribution in [0.1, 0.15) is 0 Å². The van der Waals surface area contributed by atoms with E-state index in [1.54, 1.807) is 18.2 Å². The second-order valence-corrected chi connectivity index (χ2v) is 3.24. The Morgan fingerprint density at radius 3 is 3.00 bits per heavy atom. The van der Waals surface area contributed by atoms with E-state index >= 15 is 0 Å². The van der Waals surface area contributed by atoms with Gasteiger partial charge in [-0.1, -0.05) is 12.2 Å². The third-order valence-corrected chi connectivity index (χ3v) is 2.11. The van der Waals surface area contributed by atoms with E-state index in [0.717, 1.165) is 11.4 Å². The molecule has 0 bridgehead atoms. The fraction of sp³-hybridized carbons (Fsp3) is 0.143. The summed E-state index contributed by atoms with van der Waals surface area (Å²) in [6.45, 7) is 0. The van der Waals surface area contributed by atoms with Crippen molar-refractivity contribution in [3.63, 3.8) is 0 Å². The monoisotopic (exact) mass is 194 g/mol. The maximum absolute atomic E-state index is 8.92. The highest BCUT2D eigenvalue weighted by molar-refractivity contribution is 7.80. The zero-order chi connectivity index (χ0) is 9.42. The molecule has 4 nitrogen and oxygen atoms in total. The predicted octanol–water partition coefficient (Wildman–Crippen LogP) is -0.388. The number of thiocarbonyl (C=S) groups is 1. The Morgan fingerprint density at radius 1 is 1.54 bits per heavy atom. The molecule has 1 unspecified atom stereocenters. The van der Waals surface area contributed by atoms with Gasteiger partial charge in [0, 0.05) is 5.82 Å². The van der Waals surface area contributed by atoms with Crippen LogP contribution < -0.4 is 5.32 Å². The predicted molar refractivity (Wildman–Crippen MR) is 54.3 cm³/mol. The summed E-state index contributed by atoms with van der Waals surface area (Å²) < 4.78 is 0. The highest BCUT2D eigenvalue weighted by Gasteiger charge is 2.25. The molecule has 0 amide bonds. The van der Waals surface area contributed by atoms with Crippen LogP contribution in [-0.4, -0.2) is 28.0 Å². The van der Waals surface area contributed by atoms with E-state index in [9.17, 15) is 0 Å². The fourth-order valence-electron chi connectivity index (χ4n) is 1.27. The molecule has 6 heteroatoms. The number of fused-ring (bicyclic) bond motifs is 1. The van der Waals surface area contributed by atoms with Crippen molar-refractivity contribution in [3.8, 4) is 0 Å². The van der Waals surface area contributed by atoms with Gasteiger partial charge in [-0.15, -0.1) is 0 Å². The molecule has 0 aromatic carbocycles. The topological polar surface area (TPSA) is 64.8 Å². The first-order valence-corrected chi connectivity index (χ1v) is 4.24. The van der Waals surface area contributed by atoms with Crippen LogP contribution in [0.3, 0.4) is 0 Å². The van der Waals surface area contributed by atoms with Gasteiger partial charge in [-0.05, 0) is 18.3 Å². The summed E-state index contributed by atoms with van der Waals surface area (Å²) in [5.74, 6) is -0.387. The molecular weight excluding hydrogens is 187 g/mol. The second-order valence-electron chi connectivity index (χ2n) is 2.86. The van der Waals surface area contributed by atoms with E-state index in [-0.39, 0.29) is 5.82 Å². The normalized spacial score (nSPS) is 24.8. The Bertz CT molecular complexity index is 348. The van der Waals surface area contributed by atoms with Crippen LogP contribution in [0.5, 0.6) is 0 Å². The van der Waals surface area contributed by atoms with E-state index < -0.39 is 7.12 Å². The van der Waals surface area contributed by atoms with Crippen molar-refractivity contribution in [3.05, 3.63) is 23.9 Å². The number of rotatable bonds is 1. The van der Waals surface area contributed by atoms with Crippen molar-refractivity contribution in [2.75, 3.05) is 0 Å². The van der Waals surface area contributed by atoms with Gasteiger partial charge in [0.1, 0.15) is 0 Å². The molecule has 2 rings (SSSR count). The quantitative estimate of drug-likeness (QED) is 0.393. The lowest BCUT2D eigenvalue weighted by atomic mass is 9.70. The number of aliphatic imine (C=N–C) groups is 1. The van der Waals surface area contributed by atoms with Gasteiger partial charge in [0.15, 0.2) is 5.11 Å². The van der Waals surface area contributed by atoms with Crippen LogP contribution in [0, 0.1) is 0 Å². The molecule has 1 aliphatic carbocycles. The number of hydrogen-bond acceptors (Lipinski definition) is 3. The van der Waals surface area contributed by atoms with E-state index in [1.165, 1.54) is 0 Å². The lowest BCUT2D eigenvalue weighted by Gasteiger charge is -2.12. The van der Waals surface area contributed by atoms with Gasteiger partial charge < -0.3 is 15.4 Å². The SMILES string of the molecule is OB(O)C1C=CC2=NC(=S)NC2=C1. The molecule has 3 N–H and O–H groups in total. The molecular formula is C7H7BN2O2S. The first kappa shape index (κ1) is 8.62. The number of nitrogens with one attached hydrogen (secondary N) is 1. The third-order valence-electron chi connectivity index (χ3n) is 1.92. The number of nitrogens with zero attached hydrogens (tertiary/aromatic N) is 1. The van der Waals surface area contributed by atoms with E-state index in [4.69, 9.17) is 22.3 Å². The molecule has 1 aliphatic heterocycles. The first-order valence-electron chi connectivity index (χ1n) is 3.83. The molecule has 0 aromatic rings. The van der Waals surface area contributed by atoms with Crippen molar-refractivity contribution in [1.82, 2.24) is 5.32 Å². The maximum atomic E-state index is 8.92. The molecule has 2 aliphatic rings. The minimum atomic E-state index is -1.37. The zero-order valence-electron chi connectivity index (χ0n) is 6.64. The summed E-state index contributed by atoms with van der Waals surface area (Å²) in [7, 11) is -1.37. The molecule has 1 heterocycles. The lowest BCUT2D eigenvalue weighted by Crippen LogP contribution is -2.23. The molecule has 0 saturated heterocycles. The maximum Gasteiger partial charge on any atom is 0.462 e. The summed E-state index contributed by atoms with van der Waals surface area (Å²) in [6, 6.07) is 0. The van der Waals surface area contributed by atoms with Gasteiger partial charge in [-0.2, -0.15) is 0 Å². The largest absolute Gasteiger partial charge is 0.462 e. The molecule has 0 spiro atoms. The lowest BCUT2D eigenvalue weighted by molar-refractivity contribution is 0.402. The molecule has 0 radical (unpaired) electrons. The Labute approximate surface area is 80.8 Å². The van der Waals surface area contributed by atoms with E-state index in [1.807, 2.05) is 0 Å². The minimum absolute atomic E-state index is 0.387. The zero-order valence-corrected chi connectivity index (χ0v) is 7.45. The van der Waals surface area contributed by atoms with Gasteiger partial charge >= 0.3 is 7.12 Å². The van der Waals surface area contributed by atoms with Gasteiger partial charge in [0.2, 0.25) is 0 Å². The smallest absolute Gasteiger partial charge is 0.426 e. The Hall–Kier alpha value is -0.975. The van der Waals surface area contributed by atoms with Crippen molar-refractivity contribution >= 4 is 30.2 Å². The Balaban J connectivity index is 2.27. The van der Waals surface area contributed by atoms with Crippen LogP contribution >= 0.6 is 12.2 Å². The Kier molecular flexibility index (Phi) is 2.03. The van der Waals surface area contributed by atoms with Crippen LogP contribution in [0.25, 0.3) is 0 Å². The number of hydrogen-bond donors (Lipinski definition) is 3. The van der Waals surface area contributed by atoms with Crippen LogP contribution in [0.15, 0.2) is 28.9 Å². The number of allylic oxidation sites excluding steroid dienone is 3. The Morgan fingerprint density at radius 2 is 2.31 bits per heavy atom. The van der Waals surface area contributed by atoms with E-state index in [0.29, 0.717) is 5.11 Å². The van der Waals surface area contributed by atoms with Gasteiger partial charge in [0.05, 0.1) is 11.4 Å². The summed E-state index contributed by atoms with van der Waals surface area (Å²) in [6.07, 6.45) is 5.11. The summed E-state index contributed by atoms with van der Waals surface area (Å²) in [4.78, 5) is 4.02. The molecule has 1 atom stereocenters. The molecule has 0 aromatic heterocycles. The van der Waals surface area contributed by atoms with Crippen LogP contribution in [0.4, 0.5) is 0 Å². The molecule has 13 heavy (non-hydrogen) atoms. The van der Waals surface area contributed by atoms with Crippen molar-refractivity contribution < 1.29 is 10.0 Å². The summed E-state index contributed by atoms with van der Waals surface area (Å²) in [5, 5.41) is 21.1. The van der Waals surface area contributed by atoms with Crippen molar-refractivity contribution in [1.29, 1.82) is 0 Å². The van der Waals surface area contributed by atoms with Gasteiger partial charge in [-0.25, -0.2) is 4.99 Å². The minimum Gasteiger partial charge on any atom is -0.426 e. The highest BCUT2D eigenvalue weighted by atomic mass is 32.1. The third kappa shape index (κ3) is 1.56. The average molecular weight is 194 g/mol. The van der Waals surface area contributed by atoms with Crippen LogP contribution in [0.2, 0.25) is 5.82 Å². The van der Waals surface area contributed by atoms with Gasteiger partial charge in [0.25, 0.3) is 0 Å². The molecule has 66 valence electrons. The summed E-state index contributed by atoms with van der Waals surface area (Å²) >= 11 is 4.84. The highest BCUT2D eigenvalue weighted by Crippen LogP contribution is 2.21. The van der Waals surface area contributed by atoms with Crippen LogP contribution in [-0.2, 0) is 0 Å². The van der Waals surface area contributed by atoms with Crippen molar-refractivity contribution in [2.24, 2.45) is 4.99 Å². The molecule has 0 saturated carbocycles. The summed E-state index contributed by atoms with van der Waals surface area (Å²) in [5.41, 5.74) is 1.51. The fourth-order valence-corrected chi connectivity index (χ4v) is 1.47. The second kappa shape index (κ2) is 3.06. The average Bonchev–Trinajstić information content (AvgIpc) is 2.42. The molecule has 0 fully saturated rings. The standard InChI is InChI=1S/C7H7BN2O2S/c11-8(12)4-1-2-5-6(3-4)10-7(13)9-5/h1-4,11-12H,(H,10,13). The van der Waals surface area contributed by atoms with Crippen molar-refractivity contribution in [2.45, 2.75) is 5.82 Å².